The molecule has 0 spiro atoms. The first-order valence-electron chi connectivity index (χ1n) is 4.06. The molecule has 0 atom stereocenters. The molecule has 3 N–H and O–H groups in total. The molecule has 0 saturated heterocycles. The van der Waals surface area contributed by atoms with Gasteiger partial charge in [-0.05, 0) is 41.5 Å². The standard InChI is InChI=1S/C5H11NO.C4H11N/c1-5(2,3)6-4-7;1-4(2,3)5/h4H,1-3H3,(H,6,7);5H2,1-3H3. The van der Waals surface area contributed by atoms with Crippen LogP contribution in [-0.2, 0) is 4.79 Å². The fourth-order valence-corrected chi connectivity index (χ4v) is 0.177. The molecule has 0 heterocycles. The lowest BCUT2D eigenvalue weighted by Crippen LogP contribution is -2.34. The maximum absolute atomic E-state index is 9.71. The topological polar surface area (TPSA) is 55.1 Å². The summed E-state index contributed by atoms with van der Waals surface area (Å²) in [6.07, 6.45) is 0.708. The quantitative estimate of drug-likeness (QED) is 0.588. The SMILES string of the molecule is CC(C)(C)N.CC(C)(C)NC=O. The van der Waals surface area contributed by atoms with Gasteiger partial charge in [0, 0.05) is 11.1 Å². The number of amides is 1. The van der Waals surface area contributed by atoms with Gasteiger partial charge in [-0.1, -0.05) is 0 Å². The van der Waals surface area contributed by atoms with Gasteiger partial charge in [0.1, 0.15) is 0 Å². The molecule has 0 bridgehead atoms. The molecule has 0 aliphatic rings. The smallest absolute Gasteiger partial charge is 0.207 e. The zero-order valence-corrected chi connectivity index (χ0v) is 9.06. The van der Waals surface area contributed by atoms with E-state index >= 15 is 0 Å². The summed E-state index contributed by atoms with van der Waals surface area (Å²) in [6, 6.07) is 0. The van der Waals surface area contributed by atoms with Crippen molar-refractivity contribution in [3.8, 4) is 0 Å². The van der Waals surface area contributed by atoms with Crippen LogP contribution in [0.5, 0.6) is 0 Å². The van der Waals surface area contributed by atoms with Crippen molar-refractivity contribution in [2.45, 2.75) is 52.6 Å². The number of nitrogens with one attached hydrogen (secondary N) is 1. The molecule has 0 unspecified atom stereocenters. The van der Waals surface area contributed by atoms with Crippen molar-refractivity contribution in [3.63, 3.8) is 0 Å². The fraction of sp³-hybridized carbons (Fsp3) is 0.889. The van der Waals surface area contributed by atoms with Gasteiger partial charge in [-0.25, -0.2) is 0 Å². The van der Waals surface area contributed by atoms with Gasteiger partial charge in [0.15, 0.2) is 0 Å². The van der Waals surface area contributed by atoms with Crippen LogP contribution in [0, 0.1) is 0 Å². The van der Waals surface area contributed by atoms with Gasteiger partial charge in [0.05, 0.1) is 0 Å². The van der Waals surface area contributed by atoms with E-state index in [1.807, 2.05) is 41.5 Å². The molecule has 0 aromatic carbocycles. The largest absolute Gasteiger partial charge is 0.354 e. The molecular weight excluding hydrogens is 152 g/mol. The predicted octanol–water partition coefficient (Wildman–Crippen LogP) is 1.27. The molecule has 1 amide bonds. The molecule has 12 heavy (non-hydrogen) atoms. The summed E-state index contributed by atoms with van der Waals surface area (Å²) in [4.78, 5) is 9.71. The maximum Gasteiger partial charge on any atom is 0.207 e. The minimum absolute atomic E-state index is 0. The van der Waals surface area contributed by atoms with Gasteiger partial charge in [-0.3, -0.25) is 4.79 Å². The van der Waals surface area contributed by atoms with Gasteiger partial charge >= 0.3 is 0 Å². The monoisotopic (exact) mass is 174 g/mol. The highest BCUT2D eigenvalue weighted by molar-refractivity contribution is 5.47. The second-order valence-corrected chi connectivity index (χ2v) is 4.88. The number of carbonyl (C=O) groups excluding carboxylic acids is 1. The van der Waals surface area contributed by atoms with Crippen LogP contribution >= 0.6 is 0 Å². The zero-order valence-electron chi connectivity index (χ0n) is 9.06. The Morgan fingerprint density at radius 1 is 1.08 bits per heavy atom. The Morgan fingerprint density at radius 3 is 1.33 bits per heavy atom. The molecule has 0 aromatic rings. The average molecular weight is 174 g/mol. The highest BCUT2D eigenvalue weighted by atomic mass is 16.1. The molecule has 0 radical (unpaired) electrons. The van der Waals surface area contributed by atoms with E-state index in [1.165, 1.54) is 0 Å². The van der Waals surface area contributed by atoms with Crippen molar-refractivity contribution in [1.29, 1.82) is 0 Å². The van der Waals surface area contributed by atoms with Gasteiger partial charge in [0.25, 0.3) is 0 Å². The fourth-order valence-electron chi connectivity index (χ4n) is 0.177. The third-order valence-corrected chi connectivity index (χ3v) is 0.492. The van der Waals surface area contributed by atoms with Crippen LogP contribution in [0.15, 0.2) is 0 Å². The van der Waals surface area contributed by atoms with Crippen LogP contribution in [0.25, 0.3) is 0 Å². The summed E-state index contributed by atoms with van der Waals surface area (Å²) in [6.45, 7) is 11.7. The number of rotatable bonds is 1. The Bertz CT molecular complexity index is 113. The van der Waals surface area contributed by atoms with E-state index in [2.05, 4.69) is 5.32 Å². The van der Waals surface area contributed by atoms with Crippen LogP contribution < -0.4 is 11.1 Å². The Morgan fingerprint density at radius 2 is 1.33 bits per heavy atom. The number of carbonyl (C=O) groups is 1. The lowest BCUT2D eigenvalue weighted by molar-refractivity contribution is -0.110. The van der Waals surface area contributed by atoms with E-state index in [9.17, 15) is 4.79 Å². The summed E-state index contributed by atoms with van der Waals surface area (Å²) in [5, 5.41) is 2.60. The van der Waals surface area contributed by atoms with Crippen molar-refractivity contribution in [2.75, 3.05) is 0 Å². The number of nitrogens with two attached hydrogens (primary N) is 1. The van der Waals surface area contributed by atoms with Gasteiger partial charge in [-0.2, -0.15) is 0 Å². The van der Waals surface area contributed by atoms with E-state index in [-0.39, 0.29) is 11.1 Å². The van der Waals surface area contributed by atoms with Crippen molar-refractivity contribution < 1.29 is 4.79 Å². The Hall–Kier alpha value is -0.570. The van der Waals surface area contributed by atoms with Gasteiger partial charge in [0.2, 0.25) is 6.41 Å². The van der Waals surface area contributed by atoms with Crippen molar-refractivity contribution in [1.82, 2.24) is 5.32 Å². The Kier molecular flexibility index (Phi) is 5.99. The first-order chi connectivity index (χ1) is 5.06. The lowest BCUT2D eigenvalue weighted by Gasteiger charge is -2.15. The second-order valence-electron chi connectivity index (χ2n) is 4.88. The highest BCUT2D eigenvalue weighted by Crippen LogP contribution is 1.94. The maximum atomic E-state index is 9.71. The van der Waals surface area contributed by atoms with Gasteiger partial charge < -0.3 is 11.1 Å². The van der Waals surface area contributed by atoms with Crippen LogP contribution in [0.2, 0.25) is 0 Å². The molecule has 0 fully saturated rings. The molecule has 0 aromatic heterocycles. The molecule has 3 nitrogen and oxygen atoms in total. The third-order valence-electron chi connectivity index (χ3n) is 0.492. The number of hydrogen-bond acceptors (Lipinski definition) is 2. The van der Waals surface area contributed by atoms with Crippen molar-refractivity contribution >= 4 is 6.41 Å². The molecule has 0 aliphatic heterocycles. The predicted molar refractivity (Wildman–Crippen MR) is 52.9 cm³/mol. The Balaban J connectivity index is 0. The zero-order chi connectivity index (χ0) is 10.4. The molecular formula is C9H22N2O. The van der Waals surface area contributed by atoms with Gasteiger partial charge in [-0.15, -0.1) is 0 Å². The average Bonchev–Trinajstić information content (AvgIpc) is 1.54. The molecule has 0 aliphatic carbocycles. The molecule has 3 heteroatoms. The van der Waals surface area contributed by atoms with Crippen LogP contribution in [-0.4, -0.2) is 17.5 Å². The molecule has 74 valence electrons. The summed E-state index contributed by atoms with van der Waals surface area (Å²) in [5.74, 6) is 0. The second kappa shape index (κ2) is 5.14. The summed E-state index contributed by atoms with van der Waals surface area (Å²) in [5.41, 5.74) is 5.29. The molecule has 0 rings (SSSR count). The first kappa shape index (κ1) is 14.0. The van der Waals surface area contributed by atoms with Crippen LogP contribution in [0.1, 0.15) is 41.5 Å². The number of hydrogen-bond donors (Lipinski definition) is 2. The van der Waals surface area contributed by atoms with Crippen molar-refractivity contribution in [3.05, 3.63) is 0 Å². The highest BCUT2D eigenvalue weighted by Gasteiger charge is 2.04. The summed E-state index contributed by atoms with van der Waals surface area (Å²) in [7, 11) is 0. The van der Waals surface area contributed by atoms with E-state index in [4.69, 9.17) is 5.73 Å². The first-order valence-corrected chi connectivity index (χ1v) is 4.06. The van der Waals surface area contributed by atoms with Crippen LogP contribution in [0.4, 0.5) is 0 Å². The van der Waals surface area contributed by atoms with Crippen LogP contribution in [0.3, 0.4) is 0 Å². The lowest BCUT2D eigenvalue weighted by atomic mass is 10.1. The minimum Gasteiger partial charge on any atom is -0.354 e. The summed E-state index contributed by atoms with van der Waals surface area (Å²) >= 11 is 0. The minimum atomic E-state index is -0.0677. The van der Waals surface area contributed by atoms with E-state index in [1.54, 1.807) is 0 Å². The molecule has 0 saturated carbocycles. The summed E-state index contributed by atoms with van der Waals surface area (Å²) < 4.78 is 0. The van der Waals surface area contributed by atoms with E-state index in [0.717, 1.165) is 0 Å². The third kappa shape index (κ3) is 57.0. The van der Waals surface area contributed by atoms with E-state index in [0.29, 0.717) is 6.41 Å². The normalized spacial score (nSPS) is 11.2. The Labute approximate surface area is 75.7 Å². The van der Waals surface area contributed by atoms with Crippen molar-refractivity contribution in [2.24, 2.45) is 5.73 Å². The van der Waals surface area contributed by atoms with E-state index < -0.39 is 0 Å².